The molecule has 24 heavy (non-hydrogen) atoms. The number of imidazole rings is 1. The normalized spacial score (nSPS) is 10.5. The first kappa shape index (κ1) is 16.2. The molecule has 6 nitrogen and oxygen atoms in total. The Balaban J connectivity index is 1.55. The third kappa shape index (κ3) is 3.99. The van der Waals surface area contributed by atoms with Gasteiger partial charge in [0.1, 0.15) is 5.01 Å². The maximum atomic E-state index is 12.0. The van der Waals surface area contributed by atoms with E-state index in [-0.39, 0.29) is 6.03 Å². The number of aryl methyl sites for hydroxylation is 1. The minimum Gasteiger partial charge on any atom is -0.334 e. The largest absolute Gasteiger partial charge is 0.334 e. The van der Waals surface area contributed by atoms with Crippen molar-refractivity contribution in [3.05, 3.63) is 64.6 Å². The highest BCUT2D eigenvalue weighted by molar-refractivity contribution is 7.11. The number of nitrogens with zero attached hydrogens (tertiary/aromatic N) is 3. The van der Waals surface area contributed by atoms with Gasteiger partial charge in [-0.2, -0.15) is 0 Å². The van der Waals surface area contributed by atoms with Crippen molar-refractivity contribution in [2.75, 3.05) is 0 Å². The summed E-state index contributed by atoms with van der Waals surface area (Å²) in [4.78, 5) is 21.6. The number of urea groups is 1. The number of rotatable bonds is 6. The Labute approximate surface area is 144 Å². The molecular weight excluding hydrogens is 322 g/mol. The molecule has 0 atom stereocenters. The number of aromatic nitrogens is 3. The SMILES string of the molecule is CCc1cnc(CNC(=O)NCc2ccccc2-n2ccnc2)s1. The quantitative estimate of drug-likeness (QED) is 0.724. The van der Waals surface area contributed by atoms with Crippen LogP contribution in [0.25, 0.3) is 5.69 Å². The first-order chi connectivity index (χ1) is 11.8. The summed E-state index contributed by atoms with van der Waals surface area (Å²) in [6.45, 7) is 2.98. The van der Waals surface area contributed by atoms with Gasteiger partial charge in [-0.15, -0.1) is 11.3 Å². The first-order valence-electron chi connectivity index (χ1n) is 7.77. The van der Waals surface area contributed by atoms with Crippen LogP contribution in [0.3, 0.4) is 0 Å². The molecule has 2 N–H and O–H groups in total. The van der Waals surface area contributed by atoms with Crippen LogP contribution in [0.1, 0.15) is 22.4 Å². The van der Waals surface area contributed by atoms with E-state index in [1.807, 2.05) is 41.2 Å². The van der Waals surface area contributed by atoms with Crippen molar-refractivity contribution < 1.29 is 4.79 Å². The van der Waals surface area contributed by atoms with Crippen LogP contribution in [-0.2, 0) is 19.5 Å². The van der Waals surface area contributed by atoms with Crippen LogP contribution >= 0.6 is 11.3 Å². The van der Waals surface area contributed by atoms with Crippen LogP contribution in [0.2, 0.25) is 0 Å². The molecule has 0 unspecified atom stereocenters. The van der Waals surface area contributed by atoms with E-state index in [1.165, 1.54) is 4.88 Å². The van der Waals surface area contributed by atoms with Crippen LogP contribution in [0, 0.1) is 0 Å². The molecule has 0 fully saturated rings. The van der Waals surface area contributed by atoms with Crippen LogP contribution in [-0.4, -0.2) is 20.6 Å². The minimum absolute atomic E-state index is 0.205. The number of nitrogens with one attached hydrogen (secondary N) is 2. The van der Waals surface area contributed by atoms with Crippen molar-refractivity contribution in [2.45, 2.75) is 26.4 Å². The van der Waals surface area contributed by atoms with E-state index < -0.39 is 0 Å². The van der Waals surface area contributed by atoms with Gasteiger partial charge >= 0.3 is 6.03 Å². The van der Waals surface area contributed by atoms with E-state index >= 15 is 0 Å². The molecular formula is C17H19N5OS. The predicted octanol–water partition coefficient (Wildman–Crippen LogP) is 2.89. The Morgan fingerprint density at radius 2 is 2.08 bits per heavy atom. The Hall–Kier alpha value is -2.67. The van der Waals surface area contributed by atoms with Gasteiger partial charge in [-0.25, -0.2) is 14.8 Å². The van der Waals surface area contributed by atoms with Gasteiger partial charge < -0.3 is 15.2 Å². The lowest BCUT2D eigenvalue weighted by Crippen LogP contribution is -2.34. The zero-order valence-corrected chi connectivity index (χ0v) is 14.2. The lowest BCUT2D eigenvalue weighted by Gasteiger charge is -2.11. The number of para-hydroxylation sites is 1. The zero-order chi connectivity index (χ0) is 16.8. The fraction of sp³-hybridized carbons (Fsp3) is 0.235. The van der Waals surface area contributed by atoms with Crippen LogP contribution in [0.4, 0.5) is 4.79 Å². The molecule has 0 saturated carbocycles. The second-order valence-electron chi connectivity index (χ2n) is 5.21. The van der Waals surface area contributed by atoms with E-state index in [1.54, 1.807) is 23.9 Å². The molecule has 0 radical (unpaired) electrons. The number of carbonyl (C=O) groups excluding carboxylic acids is 1. The molecule has 2 aromatic heterocycles. The highest BCUT2D eigenvalue weighted by atomic mass is 32.1. The number of hydrogen-bond acceptors (Lipinski definition) is 4. The van der Waals surface area contributed by atoms with E-state index in [0.717, 1.165) is 22.7 Å². The second-order valence-corrected chi connectivity index (χ2v) is 6.41. The molecule has 124 valence electrons. The van der Waals surface area contributed by atoms with Gasteiger partial charge in [0, 0.05) is 30.0 Å². The van der Waals surface area contributed by atoms with Crippen LogP contribution in [0.15, 0.2) is 49.2 Å². The van der Waals surface area contributed by atoms with Gasteiger partial charge in [0.25, 0.3) is 0 Å². The van der Waals surface area contributed by atoms with Crippen LogP contribution in [0.5, 0.6) is 0 Å². The summed E-state index contributed by atoms with van der Waals surface area (Å²) in [5.41, 5.74) is 2.02. The van der Waals surface area contributed by atoms with Crippen molar-refractivity contribution in [3.63, 3.8) is 0 Å². The maximum absolute atomic E-state index is 12.0. The molecule has 0 aliphatic carbocycles. The zero-order valence-electron chi connectivity index (χ0n) is 13.4. The highest BCUT2D eigenvalue weighted by Gasteiger charge is 2.07. The van der Waals surface area contributed by atoms with E-state index in [9.17, 15) is 4.79 Å². The van der Waals surface area contributed by atoms with Gasteiger partial charge in [0.2, 0.25) is 0 Å². The molecule has 3 rings (SSSR count). The molecule has 3 aromatic rings. The van der Waals surface area contributed by atoms with Gasteiger partial charge in [0.15, 0.2) is 0 Å². The predicted molar refractivity (Wildman–Crippen MR) is 94.1 cm³/mol. The fourth-order valence-corrected chi connectivity index (χ4v) is 3.10. The summed E-state index contributed by atoms with van der Waals surface area (Å²) in [7, 11) is 0. The number of benzene rings is 1. The lowest BCUT2D eigenvalue weighted by atomic mass is 10.1. The number of hydrogen-bond donors (Lipinski definition) is 2. The molecule has 0 saturated heterocycles. The Morgan fingerprint density at radius 1 is 1.25 bits per heavy atom. The van der Waals surface area contributed by atoms with Crippen molar-refractivity contribution in [1.82, 2.24) is 25.2 Å². The Kier molecular flexibility index (Phi) is 5.22. The molecule has 2 amide bonds. The smallest absolute Gasteiger partial charge is 0.315 e. The highest BCUT2D eigenvalue weighted by Crippen LogP contribution is 2.14. The van der Waals surface area contributed by atoms with E-state index in [2.05, 4.69) is 27.5 Å². The molecule has 0 spiro atoms. The third-order valence-corrected chi connectivity index (χ3v) is 4.71. The van der Waals surface area contributed by atoms with Crippen molar-refractivity contribution in [3.8, 4) is 5.69 Å². The topological polar surface area (TPSA) is 71.8 Å². The van der Waals surface area contributed by atoms with Crippen molar-refractivity contribution >= 4 is 17.4 Å². The Bertz CT molecular complexity index is 797. The fourth-order valence-electron chi connectivity index (χ4n) is 2.30. The van der Waals surface area contributed by atoms with Crippen molar-refractivity contribution in [1.29, 1.82) is 0 Å². The number of amides is 2. The molecule has 1 aromatic carbocycles. The lowest BCUT2D eigenvalue weighted by molar-refractivity contribution is 0.240. The summed E-state index contributed by atoms with van der Waals surface area (Å²) in [6.07, 6.45) is 8.19. The average molecular weight is 341 g/mol. The molecule has 0 bridgehead atoms. The minimum atomic E-state index is -0.205. The molecule has 7 heteroatoms. The van der Waals surface area contributed by atoms with E-state index in [4.69, 9.17) is 0 Å². The van der Waals surface area contributed by atoms with Gasteiger partial charge in [-0.05, 0) is 18.1 Å². The van der Waals surface area contributed by atoms with Crippen molar-refractivity contribution in [2.24, 2.45) is 0 Å². The summed E-state index contributed by atoms with van der Waals surface area (Å²) < 4.78 is 1.93. The molecule has 0 aliphatic rings. The maximum Gasteiger partial charge on any atom is 0.315 e. The third-order valence-electron chi connectivity index (χ3n) is 3.56. The average Bonchev–Trinajstić information content (AvgIpc) is 3.30. The number of carbonyl (C=O) groups is 1. The van der Waals surface area contributed by atoms with Gasteiger partial charge in [-0.3, -0.25) is 0 Å². The van der Waals surface area contributed by atoms with E-state index in [0.29, 0.717) is 13.1 Å². The Morgan fingerprint density at radius 3 is 2.83 bits per heavy atom. The second kappa shape index (κ2) is 7.74. The first-order valence-corrected chi connectivity index (χ1v) is 8.59. The monoisotopic (exact) mass is 341 g/mol. The van der Waals surface area contributed by atoms with Gasteiger partial charge in [-0.1, -0.05) is 25.1 Å². The van der Waals surface area contributed by atoms with Gasteiger partial charge in [0.05, 0.1) is 18.6 Å². The molecule has 0 aliphatic heterocycles. The standard InChI is InChI=1S/C17H19N5OS/c1-2-14-10-19-16(24-14)11-21-17(23)20-9-13-5-3-4-6-15(13)22-8-7-18-12-22/h3-8,10,12H,2,9,11H2,1H3,(H2,20,21,23). The molecule has 2 heterocycles. The summed E-state index contributed by atoms with van der Waals surface area (Å²) >= 11 is 1.63. The summed E-state index contributed by atoms with van der Waals surface area (Å²) in [5, 5.41) is 6.64. The summed E-state index contributed by atoms with van der Waals surface area (Å²) in [6, 6.07) is 7.70. The summed E-state index contributed by atoms with van der Waals surface area (Å²) in [5.74, 6) is 0. The number of thiazole rings is 1. The van der Waals surface area contributed by atoms with Crippen LogP contribution < -0.4 is 10.6 Å².